The number of benzene rings is 1. The molecule has 0 radical (unpaired) electrons. The fourth-order valence-electron chi connectivity index (χ4n) is 3.30. The van der Waals surface area contributed by atoms with Gasteiger partial charge < -0.3 is 9.72 Å². The Morgan fingerprint density at radius 1 is 1.04 bits per heavy atom. The summed E-state index contributed by atoms with van der Waals surface area (Å²) in [7, 11) is 0. The highest BCUT2D eigenvalue weighted by atomic mass is 16.5. The van der Waals surface area contributed by atoms with Crippen LogP contribution in [0.4, 0.5) is 0 Å². The fourth-order valence-corrected chi connectivity index (χ4v) is 3.30. The number of nitrogens with zero attached hydrogens (tertiary/aromatic N) is 1. The monoisotopic (exact) mass is 380 g/mol. The summed E-state index contributed by atoms with van der Waals surface area (Å²) in [5.74, 6) is -0.544. The van der Waals surface area contributed by atoms with E-state index in [1.807, 2.05) is 36.4 Å². The first-order valence-corrected chi connectivity index (χ1v) is 10.6. The Kier molecular flexibility index (Phi) is 9.93. The minimum Gasteiger partial charge on any atom is -0.462 e. The Bertz CT molecular complexity index is 765. The summed E-state index contributed by atoms with van der Waals surface area (Å²) in [5, 5.41) is 10.3. The van der Waals surface area contributed by atoms with Gasteiger partial charge in [0.05, 0.1) is 6.61 Å². The van der Waals surface area contributed by atoms with Gasteiger partial charge in [-0.25, -0.2) is 4.79 Å². The molecule has 0 unspecified atom stereocenters. The third-order valence-corrected chi connectivity index (χ3v) is 4.92. The van der Waals surface area contributed by atoms with Gasteiger partial charge in [-0.3, -0.25) is 0 Å². The van der Waals surface area contributed by atoms with Crippen LogP contribution in [0.5, 0.6) is 0 Å². The van der Waals surface area contributed by atoms with Gasteiger partial charge in [0.15, 0.2) is 0 Å². The number of aromatic nitrogens is 1. The smallest absolute Gasteiger partial charge is 0.348 e. The van der Waals surface area contributed by atoms with Crippen molar-refractivity contribution in [3.63, 3.8) is 0 Å². The third-order valence-electron chi connectivity index (χ3n) is 4.92. The van der Waals surface area contributed by atoms with E-state index in [1.54, 1.807) is 6.08 Å². The highest BCUT2D eigenvalue weighted by Gasteiger charge is 2.11. The van der Waals surface area contributed by atoms with Crippen LogP contribution in [-0.2, 0) is 9.53 Å². The molecule has 0 saturated heterocycles. The quantitative estimate of drug-likeness (QED) is 0.186. The molecule has 0 aliphatic rings. The fraction of sp³-hybridized carbons (Fsp3) is 0.500. The number of aromatic amines is 1. The summed E-state index contributed by atoms with van der Waals surface area (Å²) in [5.41, 5.74) is 1.73. The maximum absolute atomic E-state index is 12.1. The van der Waals surface area contributed by atoms with Crippen LogP contribution in [0.25, 0.3) is 17.0 Å². The van der Waals surface area contributed by atoms with Crippen molar-refractivity contribution in [2.45, 2.75) is 71.1 Å². The van der Waals surface area contributed by atoms with Gasteiger partial charge in [0.2, 0.25) is 0 Å². The van der Waals surface area contributed by atoms with Gasteiger partial charge in [0.1, 0.15) is 11.6 Å². The number of ether oxygens (including phenoxy) is 1. The van der Waals surface area contributed by atoms with E-state index in [4.69, 9.17) is 4.74 Å². The zero-order valence-corrected chi connectivity index (χ0v) is 17.0. The molecule has 0 bridgehead atoms. The Morgan fingerprint density at radius 2 is 1.68 bits per heavy atom. The number of H-pyrrole nitrogens is 1. The summed E-state index contributed by atoms with van der Waals surface area (Å²) in [6, 6.07) is 11.7. The van der Waals surface area contributed by atoms with Crippen LogP contribution in [0.3, 0.4) is 0 Å². The van der Waals surface area contributed by atoms with Crippen LogP contribution in [-0.4, -0.2) is 17.6 Å². The lowest BCUT2D eigenvalue weighted by molar-refractivity contribution is -0.138. The molecule has 4 nitrogen and oxygen atoms in total. The number of nitrogens with one attached hydrogen (secondary N) is 1. The second-order valence-corrected chi connectivity index (χ2v) is 7.30. The summed E-state index contributed by atoms with van der Waals surface area (Å²) in [6.07, 6.45) is 13.9. The van der Waals surface area contributed by atoms with Crippen LogP contribution >= 0.6 is 0 Å². The van der Waals surface area contributed by atoms with Crippen LogP contribution in [0.15, 0.2) is 35.9 Å². The van der Waals surface area contributed by atoms with E-state index in [9.17, 15) is 10.1 Å². The molecule has 0 amide bonds. The Morgan fingerprint density at radius 3 is 2.32 bits per heavy atom. The topological polar surface area (TPSA) is 65.9 Å². The molecule has 1 heterocycles. The average Bonchev–Trinajstić information content (AvgIpc) is 3.12. The zero-order valence-electron chi connectivity index (χ0n) is 17.0. The number of hydrogen-bond acceptors (Lipinski definition) is 3. The number of esters is 1. The minimum absolute atomic E-state index is 0.0265. The number of hydrogen-bond donors (Lipinski definition) is 1. The molecule has 0 atom stereocenters. The van der Waals surface area contributed by atoms with Crippen LogP contribution in [0.2, 0.25) is 0 Å². The molecule has 1 aromatic heterocycles. The van der Waals surface area contributed by atoms with Crippen LogP contribution in [0.1, 0.15) is 76.8 Å². The van der Waals surface area contributed by atoms with Gasteiger partial charge in [0.25, 0.3) is 0 Å². The Hall–Kier alpha value is -2.54. The van der Waals surface area contributed by atoms with Crippen molar-refractivity contribution in [2.24, 2.45) is 0 Å². The number of carbonyl (C=O) groups is 1. The van der Waals surface area contributed by atoms with Gasteiger partial charge in [-0.05, 0) is 30.0 Å². The van der Waals surface area contributed by atoms with E-state index in [1.165, 1.54) is 51.4 Å². The normalized spacial score (nSPS) is 11.5. The number of carbonyl (C=O) groups excluding carboxylic acids is 1. The first-order valence-electron chi connectivity index (χ1n) is 10.6. The molecule has 28 heavy (non-hydrogen) atoms. The van der Waals surface area contributed by atoms with E-state index >= 15 is 0 Å². The minimum atomic E-state index is -0.544. The van der Waals surface area contributed by atoms with E-state index in [0.717, 1.165) is 29.4 Å². The summed E-state index contributed by atoms with van der Waals surface area (Å²) in [4.78, 5) is 15.3. The Balaban J connectivity index is 1.64. The summed E-state index contributed by atoms with van der Waals surface area (Å²) >= 11 is 0. The molecule has 0 aliphatic carbocycles. The molecule has 4 heteroatoms. The number of nitriles is 1. The number of unbranched alkanes of at least 4 members (excludes halogenated alkanes) is 9. The lowest BCUT2D eigenvalue weighted by atomic mass is 10.1. The molecule has 150 valence electrons. The first-order chi connectivity index (χ1) is 13.7. The second kappa shape index (κ2) is 12.8. The van der Waals surface area contributed by atoms with Gasteiger partial charge in [-0.15, -0.1) is 0 Å². The molecule has 1 aromatic carbocycles. The second-order valence-electron chi connectivity index (χ2n) is 7.30. The highest BCUT2D eigenvalue weighted by Crippen LogP contribution is 2.17. The molecule has 0 spiro atoms. The largest absolute Gasteiger partial charge is 0.462 e. The average molecular weight is 381 g/mol. The maximum atomic E-state index is 12.1. The molecule has 0 saturated carbocycles. The lowest BCUT2D eigenvalue weighted by Gasteiger charge is -2.04. The van der Waals surface area contributed by atoms with Crippen molar-refractivity contribution in [2.75, 3.05) is 6.61 Å². The van der Waals surface area contributed by atoms with E-state index in [0.29, 0.717) is 6.61 Å². The third kappa shape index (κ3) is 7.60. The predicted octanol–water partition coefficient (Wildman–Crippen LogP) is 6.54. The highest BCUT2D eigenvalue weighted by molar-refractivity contribution is 5.98. The van der Waals surface area contributed by atoms with Crippen LogP contribution in [0, 0.1) is 11.3 Å². The summed E-state index contributed by atoms with van der Waals surface area (Å²) in [6.45, 7) is 2.62. The lowest BCUT2D eigenvalue weighted by Crippen LogP contribution is -2.08. The van der Waals surface area contributed by atoms with Crippen molar-refractivity contribution in [3.05, 3.63) is 41.6 Å². The standard InChI is InChI=1S/C24H32N2O2/c1-2-3-4-5-6-7-8-9-10-13-16-28-24(27)21(19-25)18-22-17-20-14-11-12-15-23(20)26-22/h11-12,14-15,17-18,26H,2-10,13,16H2,1H3/b21-18+. The van der Waals surface area contributed by atoms with Crippen molar-refractivity contribution in [1.29, 1.82) is 5.26 Å². The number of para-hydroxylation sites is 1. The van der Waals surface area contributed by atoms with Crippen molar-refractivity contribution >= 4 is 22.9 Å². The molecule has 0 fully saturated rings. The predicted molar refractivity (Wildman–Crippen MR) is 115 cm³/mol. The first kappa shape index (κ1) is 21.8. The van der Waals surface area contributed by atoms with Crippen LogP contribution < -0.4 is 0 Å². The Labute approximate surface area is 168 Å². The molecule has 2 rings (SSSR count). The van der Waals surface area contributed by atoms with E-state index in [2.05, 4.69) is 11.9 Å². The van der Waals surface area contributed by atoms with E-state index in [-0.39, 0.29) is 5.57 Å². The number of fused-ring (bicyclic) bond motifs is 1. The van der Waals surface area contributed by atoms with Crippen molar-refractivity contribution in [3.8, 4) is 6.07 Å². The van der Waals surface area contributed by atoms with Gasteiger partial charge in [-0.1, -0.05) is 82.9 Å². The number of rotatable bonds is 13. The van der Waals surface area contributed by atoms with Gasteiger partial charge in [-0.2, -0.15) is 5.26 Å². The molecule has 2 aromatic rings. The van der Waals surface area contributed by atoms with Gasteiger partial charge >= 0.3 is 5.97 Å². The van der Waals surface area contributed by atoms with Gasteiger partial charge in [0, 0.05) is 11.2 Å². The summed E-state index contributed by atoms with van der Waals surface area (Å²) < 4.78 is 5.27. The maximum Gasteiger partial charge on any atom is 0.348 e. The van der Waals surface area contributed by atoms with Crippen molar-refractivity contribution in [1.82, 2.24) is 4.98 Å². The SMILES string of the molecule is CCCCCCCCCCCCOC(=O)/C(C#N)=C/c1cc2ccccc2[nH]1. The molecular formula is C24H32N2O2. The molecule has 1 N–H and O–H groups in total. The zero-order chi connectivity index (χ0) is 20.0. The molecular weight excluding hydrogens is 348 g/mol. The van der Waals surface area contributed by atoms with E-state index < -0.39 is 5.97 Å². The molecule has 0 aliphatic heterocycles. The van der Waals surface area contributed by atoms with Crippen molar-refractivity contribution < 1.29 is 9.53 Å².